The molecule has 0 N–H and O–H groups in total. The van der Waals surface area contributed by atoms with Crippen molar-refractivity contribution in [2.45, 2.75) is 13.3 Å². The maximum Gasteiger partial charge on any atom is 0.236 e. The Labute approximate surface area is 46.7 Å². The van der Waals surface area contributed by atoms with E-state index in [4.69, 9.17) is 0 Å². The molecule has 0 bridgehead atoms. The van der Waals surface area contributed by atoms with Gasteiger partial charge < -0.3 is 4.52 Å². The van der Waals surface area contributed by atoms with Crippen LogP contribution in [0, 0.1) is 0 Å². The molecule has 0 amide bonds. The maximum atomic E-state index is 11.7. The largest absolute Gasteiger partial charge is 0.328 e. The van der Waals surface area contributed by atoms with Crippen molar-refractivity contribution in [2.24, 2.45) is 0 Å². The molecule has 0 aromatic carbocycles. The molecule has 0 fully saturated rings. The van der Waals surface area contributed by atoms with Crippen LogP contribution in [0.4, 0.5) is 4.20 Å². The van der Waals surface area contributed by atoms with Crippen LogP contribution in [0.1, 0.15) is 13.3 Å². The molecule has 7 heavy (non-hydrogen) atoms. The Kier molecular flexibility index (Phi) is 5.42. The third kappa shape index (κ3) is 6.75. The van der Waals surface area contributed by atoms with Crippen LogP contribution in [-0.2, 0) is 4.52 Å². The first-order valence-corrected chi connectivity index (χ1v) is 4.87. The van der Waals surface area contributed by atoms with Crippen LogP contribution in [-0.4, -0.2) is 6.61 Å². The first-order valence-electron chi connectivity index (χ1n) is 2.11. The molecule has 1 nitrogen and oxygen atoms in total. The average Bonchev–Trinajstić information content (AvgIpc) is 1.61. The van der Waals surface area contributed by atoms with E-state index in [9.17, 15) is 4.20 Å². The van der Waals surface area contributed by atoms with Crippen molar-refractivity contribution in [3.63, 3.8) is 0 Å². The summed E-state index contributed by atoms with van der Waals surface area (Å²) in [5.74, 6) is 0. The highest BCUT2D eigenvalue weighted by atomic mass is 32.0. The van der Waals surface area contributed by atoms with Gasteiger partial charge in [-0.25, -0.2) is 0 Å². The van der Waals surface area contributed by atoms with E-state index in [2.05, 4.69) is 4.52 Å². The van der Waals surface area contributed by atoms with E-state index in [0.29, 0.717) is 6.61 Å². The molecule has 0 aromatic rings. The predicted octanol–water partition coefficient (Wildman–Crippen LogP) is 2.48. The van der Waals surface area contributed by atoms with E-state index in [-0.39, 0.29) is 0 Å². The van der Waals surface area contributed by atoms with E-state index in [1.807, 2.05) is 15.9 Å². The molecular weight excluding hydrogens is 133 g/mol. The lowest BCUT2D eigenvalue weighted by Crippen LogP contribution is -1.78. The van der Waals surface area contributed by atoms with Gasteiger partial charge in [0.2, 0.25) is 8.15 Å². The van der Waals surface area contributed by atoms with E-state index in [0.717, 1.165) is 6.42 Å². The minimum Gasteiger partial charge on any atom is -0.328 e. The average molecular weight is 142 g/mol. The van der Waals surface area contributed by atoms with Crippen molar-refractivity contribution >= 4 is 17.1 Å². The number of rotatable bonds is 3. The minimum absolute atomic E-state index is 0.533. The lowest BCUT2D eigenvalue weighted by atomic mass is 10.5. The van der Waals surface area contributed by atoms with Crippen LogP contribution in [0.2, 0.25) is 0 Å². The van der Waals surface area contributed by atoms with E-state index in [1.165, 1.54) is 0 Å². The highest BCUT2D eigenvalue weighted by Gasteiger charge is 1.93. The van der Waals surface area contributed by atoms with Gasteiger partial charge in [0, 0.05) is 0 Å². The summed E-state index contributed by atoms with van der Waals surface area (Å²) in [5, 5.41) is 0. The zero-order valence-corrected chi connectivity index (χ0v) is 6.27. The van der Waals surface area contributed by atoms with Crippen molar-refractivity contribution in [2.75, 3.05) is 6.61 Å². The van der Waals surface area contributed by atoms with Crippen molar-refractivity contribution in [3.05, 3.63) is 0 Å². The summed E-state index contributed by atoms with van der Waals surface area (Å²) in [6, 6.07) is 0. The molecule has 0 saturated carbocycles. The molecule has 4 heteroatoms. The van der Waals surface area contributed by atoms with E-state index in [1.54, 1.807) is 0 Å². The van der Waals surface area contributed by atoms with Gasteiger partial charge in [0.15, 0.2) is 0 Å². The Bertz CT molecular complexity index is 41.9. The number of hydrogen-bond acceptors (Lipinski definition) is 1. The Balaban J connectivity index is 2.68. The first kappa shape index (κ1) is 7.75. The normalized spacial score (nSPS) is 14.1. The topological polar surface area (TPSA) is 9.23 Å². The molecular formula is C3H9FOP2. The van der Waals surface area contributed by atoms with E-state index < -0.39 is 8.15 Å². The summed E-state index contributed by atoms with van der Waals surface area (Å²) in [7, 11) is 0.294. The van der Waals surface area contributed by atoms with Crippen molar-refractivity contribution in [3.8, 4) is 0 Å². The summed E-state index contributed by atoms with van der Waals surface area (Å²) in [6.45, 7) is 2.48. The van der Waals surface area contributed by atoms with E-state index >= 15 is 0 Å². The van der Waals surface area contributed by atoms with Crippen LogP contribution in [0.15, 0.2) is 0 Å². The van der Waals surface area contributed by atoms with Gasteiger partial charge in [0.1, 0.15) is 0 Å². The second kappa shape index (κ2) is 4.90. The van der Waals surface area contributed by atoms with Crippen molar-refractivity contribution in [1.29, 1.82) is 0 Å². The number of hydrogen-bond donors (Lipinski definition) is 0. The summed E-state index contributed by atoms with van der Waals surface area (Å²) in [4.78, 5) is 0. The Hall–Kier alpha value is 0.750. The van der Waals surface area contributed by atoms with Crippen molar-refractivity contribution in [1.82, 2.24) is 0 Å². The fraction of sp³-hybridized carbons (Fsp3) is 1.00. The minimum atomic E-state index is -1.69. The Morgan fingerprint density at radius 1 is 1.86 bits per heavy atom. The monoisotopic (exact) mass is 142 g/mol. The second-order valence-corrected chi connectivity index (χ2v) is 3.13. The maximum absolute atomic E-state index is 11.7. The third-order valence-electron chi connectivity index (χ3n) is 0.419. The molecule has 0 aromatic heterocycles. The highest BCUT2D eigenvalue weighted by Crippen LogP contribution is 2.46. The van der Waals surface area contributed by atoms with Gasteiger partial charge in [0.25, 0.3) is 0 Å². The van der Waals surface area contributed by atoms with Gasteiger partial charge in [-0.15, -0.1) is 0 Å². The molecule has 0 heterocycles. The summed E-state index contributed by atoms with van der Waals surface area (Å²) in [6.07, 6.45) is 0.886. The van der Waals surface area contributed by atoms with Crippen LogP contribution in [0.5, 0.6) is 0 Å². The molecule has 0 radical (unpaired) electrons. The molecule has 0 spiro atoms. The standard InChI is InChI=1S/C3H9FOP2/c1-2-3-5-7(4)6/h2-3,6H2,1H3. The van der Waals surface area contributed by atoms with Crippen LogP contribution in [0.3, 0.4) is 0 Å². The van der Waals surface area contributed by atoms with Crippen molar-refractivity contribution < 1.29 is 8.72 Å². The van der Waals surface area contributed by atoms with Gasteiger partial charge >= 0.3 is 0 Å². The van der Waals surface area contributed by atoms with Gasteiger partial charge in [-0.2, -0.15) is 4.20 Å². The fourth-order valence-corrected chi connectivity index (χ4v) is 0.852. The summed E-state index contributed by atoms with van der Waals surface area (Å²) in [5.41, 5.74) is 0. The summed E-state index contributed by atoms with van der Waals surface area (Å²) >= 11 is 0. The molecule has 2 unspecified atom stereocenters. The van der Waals surface area contributed by atoms with Gasteiger partial charge in [-0.3, -0.25) is 0 Å². The SMILES string of the molecule is CCCOP(F)P. The second-order valence-electron chi connectivity index (χ2n) is 1.11. The number of halogens is 1. The quantitative estimate of drug-likeness (QED) is 0.550. The van der Waals surface area contributed by atoms with Gasteiger partial charge in [-0.1, -0.05) is 6.92 Å². The van der Waals surface area contributed by atoms with Crippen LogP contribution < -0.4 is 0 Å². The zero-order valence-electron chi connectivity index (χ0n) is 4.22. The lowest BCUT2D eigenvalue weighted by molar-refractivity contribution is 0.342. The molecule has 2 atom stereocenters. The van der Waals surface area contributed by atoms with Gasteiger partial charge in [-0.05, 0) is 15.3 Å². The van der Waals surface area contributed by atoms with Crippen LogP contribution in [0.25, 0.3) is 0 Å². The smallest absolute Gasteiger partial charge is 0.236 e. The lowest BCUT2D eigenvalue weighted by Gasteiger charge is -1.97. The predicted molar refractivity (Wildman–Crippen MR) is 34.0 cm³/mol. The highest BCUT2D eigenvalue weighted by molar-refractivity contribution is 8.08. The molecule has 0 aliphatic heterocycles. The van der Waals surface area contributed by atoms with Crippen LogP contribution >= 0.6 is 17.1 Å². The summed E-state index contributed by atoms with van der Waals surface area (Å²) < 4.78 is 16.2. The molecule has 0 saturated heterocycles. The fourth-order valence-electron chi connectivity index (χ4n) is 0.178. The molecule has 0 aliphatic carbocycles. The zero-order chi connectivity index (χ0) is 5.70. The molecule has 0 aliphatic rings. The third-order valence-corrected chi connectivity index (χ3v) is 1.30. The Morgan fingerprint density at radius 2 is 2.43 bits per heavy atom. The molecule has 0 rings (SSSR count). The first-order chi connectivity index (χ1) is 3.27. The molecule has 44 valence electrons. The Morgan fingerprint density at radius 3 is 2.57 bits per heavy atom. The van der Waals surface area contributed by atoms with Gasteiger partial charge in [0.05, 0.1) is 6.61 Å².